The number of piperidine rings is 1. The van der Waals surface area contributed by atoms with Crippen LogP contribution in [0.15, 0.2) is 42.7 Å². The number of halogens is 3. The number of hydrogen-bond acceptors (Lipinski definition) is 8. The Labute approximate surface area is 297 Å². The van der Waals surface area contributed by atoms with Crippen molar-refractivity contribution in [1.82, 2.24) is 28.6 Å². The Balaban J connectivity index is 0.986. The lowest BCUT2D eigenvalue weighted by molar-refractivity contribution is -0.127. The van der Waals surface area contributed by atoms with Gasteiger partial charge in [-0.3, -0.25) is 9.80 Å². The first kappa shape index (κ1) is 35.6. The highest BCUT2D eigenvalue weighted by Crippen LogP contribution is 2.44. The lowest BCUT2D eigenvalue weighted by Crippen LogP contribution is -2.60. The molecule has 7 rings (SSSR count). The van der Waals surface area contributed by atoms with E-state index in [-0.39, 0.29) is 23.1 Å². The maximum Gasteiger partial charge on any atom is 0.393 e. The van der Waals surface area contributed by atoms with Crippen molar-refractivity contribution in [3.63, 3.8) is 0 Å². The molecule has 0 amide bonds. The molecule has 14 heteroatoms. The quantitative estimate of drug-likeness (QED) is 0.241. The third kappa shape index (κ3) is 7.18. The minimum absolute atomic E-state index is 0.104. The van der Waals surface area contributed by atoms with Crippen LogP contribution < -0.4 is 4.90 Å². The number of sulfonamides is 1. The highest BCUT2D eigenvalue weighted by molar-refractivity contribution is 7.88. The van der Waals surface area contributed by atoms with Crippen molar-refractivity contribution in [3.05, 3.63) is 65.1 Å². The number of aromatic nitrogens is 3. The SMILES string of the molecule is Cc1c(CN2CCC3(CC2)CN(c2ncnc4ccc(CC(F)(F)F)cc24)C3)ccc2c1cc(C#N)n2C[C@H](C)N1CCN(S(C)(=O)=O)C(C)C1. The van der Waals surface area contributed by atoms with Crippen LogP contribution in [0.4, 0.5) is 19.0 Å². The Morgan fingerprint density at radius 2 is 1.78 bits per heavy atom. The Kier molecular flexibility index (Phi) is 9.31. The predicted octanol–water partition coefficient (Wildman–Crippen LogP) is 5.33. The third-order valence-corrected chi connectivity index (χ3v) is 12.8. The van der Waals surface area contributed by atoms with Crippen LogP contribution in [-0.2, 0) is 29.5 Å². The number of rotatable bonds is 8. The first-order valence-corrected chi connectivity index (χ1v) is 19.5. The molecule has 4 aromatic rings. The number of nitrogens with zero attached hydrogens (tertiary/aromatic N) is 8. The van der Waals surface area contributed by atoms with Gasteiger partial charge in [-0.2, -0.15) is 22.7 Å². The van der Waals surface area contributed by atoms with Crippen molar-refractivity contribution < 1.29 is 21.6 Å². The molecule has 0 radical (unpaired) electrons. The first-order valence-electron chi connectivity index (χ1n) is 17.6. The van der Waals surface area contributed by atoms with E-state index < -0.39 is 22.6 Å². The number of hydrogen-bond donors (Lipinski definition) is 0. The predicted molar refractivity (Wildman–Crippen MR) is 192 cm³/mol. The van der Waals surface area contributed by atoms with E-state index in [0.717, 1.165) is 56.5 Å². The fourth-order valence-corrected chi connectivity index (χ4v) is 9.70. The molecule has 0 bridgehead atoms. The number of fused-ring (bicyclic) bond motifs is 2. The number of nitriles is 1. The van der Waals surface area contributed by atoms with E-state index in [1.807, 2.05) is 13.0 Å². The van der Waals surface area contributed by atoms with E-state index >= 15 is 0 Å². The van der Waals surface area contributed by atoms with Gasteiger partial charge in [-0.1, -0.05) is 12.1 Å². The Bertz CT molecular complexity index is 2090. The summed E-state index contributed by atoms with van der Waals surface area (Å²) in [5.41, 5.74) is 5.13. The van der Waals surface area contributed by atoms with Crippen molar-refractivity contribution in [2.45, 2.75) is 71.4 Å². The highest BCUT2D eigenvalue weighted by Gasteiger charge is 2.46. The van der Waals surface area contributed by atoms with Crippen LogP contribution in [0.2, 0.25) is 0 Å². The van der Waals surface area contributed by atoms with E-state index in [9.17, 15) is 26.9 Å². The second-order valence-corrected chi connectivity index (χ2v) is 17.0. The fourth-order valence-electron chi connectivity index (χ4n) is 8.56. The van der Waals surface area contributed by atoms with Crippen molar-refractivity contribution in [2.75, 3.05) is 57.0 Å². The summed E-state index contributed by atoms with van der Waals surface area (Å²) < 4.78 is 67.2. The standard InChI is InChI=1S/C37H45F3N8O2S/c1-25(45-13-14-48(26(2)19-45)51(4,49)50)20-47-30(18-41)16-31-27(3)29(6-8-34(31)47)21-44-11-9-36(10-12-44)22-46(23-36)35-32-15-28(17-37(38,39)40)5-7-33(32)42-24-43-35/h5-8,15-16,24-26H,9-14,17,19-23H2,1-4H3/t25-,26?/m0/s1. The molecule has 3 aliphatic rings. The topological polar surface area (TPSA) is 102 Å². The van der Waals surface area contributed by atoms with E-state index in [1.54, 1.807) is 16.4 Å². The molecule has 10 nitrogen and oxygen atoms in total. The molecule has 1 unspecified atom stereocenters. The van der Waals surface area contributed by atoms with Crippen LogP contribution in [0, 0.1) is 23.7 Å². The molecule has 0 aliphatic carbocycles. The summed E-state index contributed by atoms with van der Waals surface area (Å²) in [6.07, 6.45) is -0.404. The van der Waals surface area contributed by atoms with Gasteiger partial charge in [-0.05, 0) is 87.7 Å². The second-order valence-electron chi connectivity index (χ2n) is 15.1. The van der Waals surface area contributed by atoms with E-state index in [1.165, 1.54) is 29.8 Å². The van der Waals surface area contributed by atoms with E-state index in [4.69, 9.17) is 0 Å². The molecular formula is C37H45F3N8O2S. The Morgan fingerprint density at radius 3 is 2.45 bits per heavy atom. The van der Waals surface area contributed by atoms with Gasteiger partial charge in [0.15, 0.2) is 0 Å². The fraction of sp³-hybridized carbons (Fsp3) is 0.541. The molecule has 3 aliphatic heterocycles. The monoisotopic (exact) mass is 722 g/mol. The molecule has 3 saturated heterocycles. The third-order valence-electron chi connectivity index (χ3n) is 11.4. The maximum atomic E-state index is 13.1. The summed E-state index contributed by atoms with van der Waals surface area (Å²) in [5.74, 6) is 0.711. The molecule has 51 heavy (non-hydrogen) atoms. The molecule has 0 N–H and O–H groups in total. The molecule has 5 heterocycles. The van der Waals surface area contributed by atoms with Gasteiger partial charge in [0.1, 0.15) is 23.9 Å². The van der Waals surface area contributed by atoms with Gasteiger partial charge in [-0.25, -0.2) is 18.4 Å². The van der Waals surface area contributed by atoms with Gasteiger partial charge >= 0.3 is 6.18 Å². The summed E-state index contributed by atoms with van der Waals surface area (Å²) in [5, 5.41) is 11.8. The smallest absolute Gasteiger partial charge is 0.355 e. The van der Waals surface area contributed by atoms with Gasteiger partial charge < -0.3 is 9.47 Å². The molecular weight excluding hydrogens is 678 g/mol. The summed E-state index contributed by atoms with van der Waals surface area (Å²) in [7, 11) is -3.24. The lowest BCUT2D eigenvalue weighted by Gasteiger charge is -2.54. The normalized spacial score (nSPS) is 21.3. The van der Waals surface area contributed by atoms with Gasteiger partial charge in [0.05, 0.1) is 18.2 Å². The number of aryl methyl sites for hydroxylation is 1. The van der Waals surface area contributed by atoms with Crippen molar-refractivity contribution in [1.29, 1.82) is 5.26 Å². The van der Waals surface area contributed by atoms with Gasteiger partial charge in [0.25, 0.3) is 0 Å². The van der Waals surface area contributed by atoms with Crippen LogP contribution in [-0.4, -0.2) is 107 Å². The van der Waals surface area contributed by atoms with E-state index in [2.05, 4.69) is 61.3 Å². The number of likely N-dealkylation sites (tertiary alicyclic amines) is 1. The molecule has 272 valence electrons. The average molecular weight is 723 g/mol. The zero-order chi connectivity index (χ0) is 36.3. The number of benzene rings is 2. The Morgan fingerprint density at radius 1 is 1.04 bits per heavy atom. The zero-order valence-corrected chi connectivity index (χ0v) is 30.4. The maximum absolute atomic E-state index is 13.1. The minimum Gasteiger partial charge on any atom is -0.355 e. The Hall–Kier alpha value is -3.77. The molecule has 2 atom stereocenters. The molecule has 2 aromatic heterocycles. The molecule has 0 saturated carbocycles. The van der Waals surface area contributed by atoms with Crippen molar-refractivity contribution in [2.24, 2.45) is 5.41 Å². The first-order chi connectivity index (χ1) is 24.1. The molecule has 2 aromatic carbocycles. The second kappa shape index (κ2) is 13.3. The number of alkyl halides is 3. The highest BCUT2D eigenvalue weighted by atomic mass is 32.2. The zero-order valence-electron chi connectivity index (χ0n) is 29.6. The molecule has 3 fully saturated rings. The summed E-state index contributed by atoms with van der Waals surface area (Å²) in [6, 6.07) is 13.5. The summed E-state index contributed by atoms with van der Waals surface area (Å²) in [4.78, 5) is 15.8. The van der Waals surface area contributed by atoms with E-state index in [0.29, 0.717) is 48.6 Å². The largest absolute Gasteiger partial charge is 0.393 e. The molecule has 1 spiro atoms. The van der Waals surface area contributed by atoms with Gasteiger partial charge in [0.2, 0.25) is 10.0 Å². The number of anilines is 1. The summed E-state index contributed by atoms with van der Waals surface area (Å²) >= 11 is 0. The minimum atomic E-state index is -4.27. The van der Waals surface area contributed by atoms with Crippen LogP contribution in [0.25, 0.3) is 21.8 Å². The van der Waals surface area contributed by atoms with Crippen molar-refractivity contribution in [3.8, 4) is 6.07 Å². The number of piperazine rings is 1. The van der Waals surface area contributed by atoms with Crippen LogP contribution in [0.5, 0.6) is 0 Å². The van der Waals surface area contributed by atoms with Crippen molar-refractivity contribution >= 4 is 37.6 Å². The van der Waals surface area contributed by atoms with Gasteiger partial charge in [-0.15, -0.1) is 0 Å². The van der Waals surface area contributed by atoms with Crippen LogP contribution in [0.1, 0.15) is 49.1 Å². The van der Waals surface area contributed by atoms with Crippen LogP contribution >= 0.6 is 0 Å². The van der Waals surface area contributed by atoms with Gasteiger partial charge in [0, 0.05) is 79.6 Å². The summed E-state index contributed by atoms with van der Waals surface area (Å²) in [6.45, 7) is 13.0. The lowest BCUT2D eigenvalue weighted by atomic mass is 9.72. The average Bonchev–Trinajstić information content (AvgIpc) is 3.41. The van der Waals surface area contributed by atoms with Crippen LogP contribution in [0.3, 0.4) is 0 Å².